The van der Waals surface area contributed by atoms with Gasteiger partial charge in [-0.1, -0.05) is 37.3 Å². The third-order valence-corrected chi connectivity index (χ3v) is 6.24. The van der Waals surface area contributed by atoms with E-state index in [1.54, 1.807) is 0 Å². The molecule has 4 heteroatoms. The fourth-order valence-corrected chi connectivity index (χ4v) is 3.97. The molecule has 0 bridgehead atoms. The number of morpholine rings is 1. The number of ether oxygens (including phenoxy) is 1. The molecule has 1 aliphatic rings. The lowest BCUT2D eigenvalue weighted by Gasteiger charge is -2.40. The van der Waals surface area contributed by atoms with Crippen molar-refractivity contribution < 1.29 is 9.53 Å². The van der Waals surface area contributed by atoms with Crippen molar-refractivity contribution in [2.75, 3.05) is 45.3 Å². The molecule has 0 N–H and O–H groups in total. The number of likely N-dealkylation sites (N-methyl/N-ethyl adjacent to an activating group) is 1. The van der Waals surface area contributed by atoms with Crippen LogP contribution in [-0.4, -0.2) is 56.6 Å². The number of rotatable bonds is 7. The van der Waals surface area contributed by atoms with Gasteiger partial charge in [0.05, 0.1) is 18.8 Å². The van der Waals surface area contributed by atoms with Crippen LogP contribution < -0.4 is 4.90 Å². The van der Waals surface area contributed by atoms with Crippen molar-refractivity contribution in [3.8, 4) is 0 Å². The maximum atomic E-state index is 13.6. The molecule has 2 aromatic rings. The molecule has 0 aromatic heterocycles. The van der Waals surface area contributed by atoms with Crippen LogP contribution in [0.2, 0.25) is 0 Å². The highest BCUT2D eigenvalue weighted by molar-refractivity contribution is 6.03. The SMILES string of the molecule is CC(Cc1ccccc1)C(C)(C(=O)c1ccc(N2CCOCC2)cc1)N(C)C. The summed E-state index contributed by atoms with van der Waals surface area (Å²) in [5.74, 6) is 0.353. The largest absolute Gasteiger partial charge is 0.378 e. The molecule has 1 aliphatic heterocycles. The highest BCUT2D eigenvalue weighted by Gasteiger charge is 2.41. The van der Waals surface area contributed by atoms with Gasteiger partial charge in [-0.3, -0.25) is 9.69 Å². The standard InChI is InChI=1S/C24H32N2O2/c1-19(18-20-8-6-5-7-9-20)24(2,25(3)4)23(27)21-10-12-22(13-11-21)26-14-16-28-17-15-26/h5-13,19H,14-18H2,1-4H3. The summed E-state index contributed by atoms with van der Waals surface area (Å²) < 4.78 is 5.43. The fourth-order valence-electron chi connectivity index (χ4n) is 3.97. The summed E-state index contributed by atoms with van der Waals surface area (Å²) in [7, 11) is 4.00. The van der Waals surface area contributed by atoms with Crippen LogP contribution in [-0.2, 0) is 11.2 Å². The molecule has 0 radical (unpaired) electrons. The molecule has 2 atom stereocenters. The molecule has 150 valence electrons. The zero-order valence-corrected chi connectivity index (χ0v) is 17.5. The normalized spacial score (nSPS) is 18.0. The van der Waals surface area contributed by atoms with Crippen molar-refractivity contribution >= 4 is 11.5 Å². The zero-order chi connectivity index (χ0) is 20.1. The number of Topliss-reactive ketones (excluding diaryl/α,β-unsaturated/α-hetero) is 1. The van der Waals surface area contributed by atoms with Gasteiger partial charge in [0.2, 0.25) is 0 Å². The second-order valence-corrected chi connectivity index (χ2v) is 8.11. The van der Waals surface area contributed by atoms with Crippen LogP contribution in [0.15, 0.2) is 54.6 Å². The van der Waals surface area contributed by atoms with E-state index in [2.05, 4.69) is 60.0 Å². The number of nitrogens with zero attached hydrogens (tertiary/aromatic N) is 2. The van der Waals surface area contributed by atoms with Crippen molar-refractivity contribution in [1.82, 2.24) is 4.90 Å². The summed E-state index contributed by atoms with van der Waals surface area (Å²) >= 11 is 0. The van der Waals surface area contributed by atoms with Crippen molar-refractivity contribution in [2.24, 2.45) is 5.92 Å². The van der Waals surface area contributed by atoms with Crippen LogP contribution >= 0.6 is 0 Å². The molecule has 0 amide bonds. The molecule has 0 aliphatic carbocycles. The van der Waals surface area contributed by atoms with Crippen molar-refractivity contribution in [3.05, 3.63) is 65.7 Å². The summed E-state index contributed by atoms with van der Waals surface area (Å²) in [5, 5.41) is 0. The first-order chi connectivity index (χ1) is 13.4. The van der Waals surface area contributed by atoms with Gasteiger partial charge in [0.1, 0.15) is 0 Å². The van der Waals surface area contributed by atoms with Crippen LogP contribution in [0, 0.1) is 5.92 Å². The molecule has 28 heavy (non-hydrogen) atoms. The Kier molecular flexibility index (Phi) is 6.53. The average molecular weight is 381 g/mol. The van der Waals surface area contributed by atoms with E-state index in [1.165, 1.54) is 5.56 Å². The Morgan fingerprint density at radius 1 is 1.07 bits per heavy atom. The fraction of sp³-hybridized carbons (Fsp3) is 0.458. The Hall–Kier alpha value is -2.17. The third kappa shape index (κ3) is 4.29. The summed E-state index contributed by atoms with van der Waals surface area (Å²) in [5.41, 5.74) is 2.62. The number of hydrogen-bond donors (Lipinski definition) is 0. The first-order valence-corrected chi connectivity index (χ1v) is 10.1. The first-order valence-electron chi connectivity index (χ1n) is 10.1. The maximum Gasteiger partial charge on any atom is 0.183 e. The summed E-state index contributed by atoms with van der Waals surface area (Å²) in [6.45, 7) is 7.56. The van der Waals surface area contributed by atoms with E-state index in [4.69, 9.17) is 4.74 Å². The first kappa shape index (κ1) is 20.6. The Labute approximate surface area is 169 Å². The molecule has 3 rings (SSSR count). The van der Waals surface area contributed by atoms with E-state index in [0.29, 0.717) is 0 Å². The number of ketones is 1. The Morgan fingerprint density at radius 3 is 2.25 bits per heavy atom. The van der Waals surface area contributed by atoms with Gasteiger partial charge < -0.3 is 9.64 Å². The number of carbonyl (C=O) groups is 1. The predicted molar refractivity (Wildman–Crippen MR) is 115 cm³/mol. The number of hydrogen-bond acceptors (Lipinski definition) is 4. The van der Waals surface area contributed by atoms with E-state index in [-0.39, 0.29) is 11.7 Å². The van der Waals surface area contributed by atoms with Gasteiger partial charge in [0.15, 0.2) is 5.78 Å². The molecule has 1 heterocycles. The van der Waals surface area contributed by atoms with E-state index >= 15 is 0 Å². The minimum atomic E-state index is -0.573. The van der Waals surface area contributed by atoms with Crippen LogP contribution in [0.3, 0.4) is 0 Å². The highest BCUT2D eigenvalue weighted by Crippen LogP contribution is 2.30. The average Bonchev–Trinajstić information content (AvgIpc) is 2.74. The number of anilines is 1. The number of carbonyl (C=O) groups excluding carboxylic acids is 1. The molecular weight excluding hydrogens is 348 g/mol. The minimum Gasteiger partial charge on any atom is -0.378 e. The lowest BCUT2D eigenvalue weighted by Crippen LogP contribution is -2.54. The van der Waals surface area contributed by atoms with Gasteiger partial charge >= 0.3 is 0 Å². The molecule has 2 unspecified atom stereocenters. The lowest BCUT2D eigenvalue weighted by atomic mass is 9.76. The second-order valence-electron chi connectivity index (χ2n) is 8.11. The Balaban J connectivity index is 1.79. The molecule has 4 nitrogen and oxygen atoms in total. The van der Waals surface area contributed by atoms with Crippen molar-refractivity contribution in [3.63, 3.8) is 0 Å². The van der Waals surface area contributed by atoms with Gasteiger partial charge in [-0.2, -0.15) is 0 Å². The van der Waals surface area contributed by atoms with Gasteiger partial charge in [-0.25, -0.2) is 0 Å². The highest BCUT2D eigenvalue weighted by atomic mass is 16.5. The minimum absolute atomic E-state index is 0.175. The van der Waals surface area contributed by atoms with Crippen LogP contribution in [0.4, 0.5) is 5.69 Å². The van der Waals surface area contributed by atoms with Gasteiger partial charge in [0.25, 0.3) is 0 Å². The third-order valence-electron chi connectivity index (χ3n) is 6.24. The second kappa shape index (κ2) is 8.89. The summed E-state index contributed by atoms with van der Waals surface area (Å²) in [6.07, 6.45) is 0.868. The smallest absolute Gasteiger partial charge is 0.183 e. The zero-order valence-electron chi connectivity index (χ0n) is 17.5. The quantitative estimate of drug-likeness (QED) is 0.682. The van der Waals surface area contributed by atoms with E-state index in [1.807, 2.05) is 32.3 Å². The van der Waals surface area contributed by atoms with Crippen LogP contribution in [0.25, 0.3) is 0 Å². The van der Waals surface area contributed by atoms with Crippen molar-refractivity contribution in [1.29, 1.82) is 0 Å². The summed E-state index contributed by atoms with van der Waals surface area (Å²) in [4.78, 5) is 17.9. The predicted octanol–water partition coefficient (Wildman–Crippen LogP) is 3.91. The van der Waals surface area contributed by atoms with E-state index < -0.39 is 5.54 Å². The summed E-state index contributed by atoms with van der Waals surface area (Å²) in [6, 6.07) is 18.5. The van der Waals surface area contributed by atoms with Crippen molar-refractivity contribution in [2.45, 2.75) is 25.8 Å². The lowest BCUT2D eigenvalue weighted by molar-refractivity contribution is 0.0576. The molecular formula is C24H32N2O2. The molecule has 0 spiro atoms. The number of benzene rings is 2. The Bertz CT molecular complexity index is 767. The molecule has 1 saturated heterocycles. The maximum absolute atomic E-state index is 13.6. The van der Waals surface area contributed by atoms with E-state index in [0.717, 1.165) is 44.0 Å². The van der Waals surface area contributed by atoms with Gasteiger partial charge in [-0.05, 0) is 63.2 Å². The van der Waals surface area contributed by atoms with Gasteiger partial charge in [-0.15, -0.1) is 0 Å². The topological polar surface area (TPSA) is 32.8 Å². The molecule has 0 saturated carbocycles. The molecule has 2 aromatic carbocycles. The van der Waals surface area contributed by atoms with Gasteiger partial charge in [0, 0.05) is 24.3 Å². The Morgan fingerprint density at radius 2 is 1.68 bits per heavy atom. The molecule has 1 fully saturated rings. The van der Waals surface area contributed by atoms with Crippen LogP contribution in [0.5, 0.6) is 0 Å². The monoisotopic (exact) mass is 380 g/mol. The van der Waals surface area contributed by atoms with Crippen LogP contribution in [0.1, 0.15) is 29.8 Å². The van der Waals surface area contributed by atoms with E-state index in [9.17, 15) is 4.79 Å².